The van der Waals surface area contributed by atoms with Crippen molar-refractivity contribution in [3.63, 3.8) is 0 Å². The minimum Gasteiger partial charge on any atom is -0.334 e. The molecule has 0 radical (unpaired) electrons. The fourth-order valence-electron chi connectivity index (χ4n) is 6.23. The first kappa shape index (κ1) is 26.6. The Labute approximate surface area is 249 Å². The highest BCUT2D eigenvalue weighted by Gasteiger charge is 2.40. The van der Waals surface area contributed by atoms with Gasteiger partial charge in [0.1, 0.15) is 0 Å². The number of nitrogens with zero attached hydrogens (tertiary/aromatic N) is 5. The summed E-state index contributed by atoms with van der Waals surface area (Å²) in [4.78, 5) is 40.4. The van der Waals surface area contributed by atoms with Gasteiger partial charge in [0.05, 0.1) is 12.0 Å². The van der Waals surface area contributed by atoms with Crippen molar-refractivity contribution < 1.29 is 9.59 Å². The number of fused-ring (bicyclic) bond motifs is 2. The third-order valence-corrected chi connectivity index (χ3v) is 9.06. The number of aromatic nitrogens is 3. The van der Waals surface area contributed by atoms with Crippen LogP contribution in [0.4, 0.5) is 5.13 Å². The van der Waals surface area contributed by atoms with Gasteiger partial charge < -0.3 is 9.47 Å². The quantitative estimate of drug-likeness (QED) is 0.327. The number of rotatable bonds is 6. The van der Waals surface area contributed by atoms with Gasteiger partial charge in [0, 0.05) is 53.6 Å². The zero-order valence-electron chi connectivity index (χ0n) is 23.4. The van der Waals surface area contributed by atoms with E-state index in [2.05, 4.69) is 60.9 Å². The van der Waals surface area contributed by atoms with E-state index < -0.39 is 6.04 Å². The van der Waals surface area contributed by atoms with Crippen LogP contribution in [0.3, 0.4) is 0 Å². The van der Waals surface area contributed by atoms with Gasteiger partial charge in [0.25, 0.3) is 11.8 Å². The van der Waals surface area contributed by atoms with Crippen molar-refractivity contribution in [1.82, 2.24) is 24.3 Å². The average Bonchev–Trinajstić information content (AvgIpc) is 3.81. The first-order valence-corrected chi connectivity index (χ1v) is 15.5. The van der Waals surface area contributed by atoms with Crippen LogP contribution in [0.1, 0.15) is 75.7 Å². The second kappa shape index (κ2) is 11.6. The number of anilines is 1. The minimum atomic E-state index is -0.846. The van der Waals surface area contributed by atoms with Gasteiger partial charge in [-0.25, -0.2) is 9.97 Å². The Balaban J connectivity index is 1.10. The molecule has 3 aliphatic heterocycles. The third-order valence-electron chi connectivity index (χ3n) is 8.37. The molecule has 4 aromatic rings. The summed E-state index contributed by atoms with van der Waals surface area (Å²) in [5.41, 5.74) is 6.16. The molecule has 5 heterocycles. The number of carbonyl (C=O) groups excluding carboxylic acids is 2. The van der Waals surface area contributed by atoms with Crippen molar-refractivity contribution in [3.8, 4) is 11.8 Å². The van der Waals surface area contributed by atoms with Gasteiger partial charge in [-0.15, -0.1) is 11.3 Å². The summed E-state index contributed by atoms with van der Waals surface area (Å²) in [5, 5.41) is 5.21. The molecule has 1 unspecified atom stereocenters. The van der Waals surface area contributed by atoms with Crippen molar-refractivity contribution in [2.75, 3.05) is 18.4 Å². The normalized spacial score (nSPS) is 17.0. The highest BCUT2D eigenvalue weighted by molar-refractivity contribution is 7.13. The molecule has 1 fully saturated rings. The van der Waals surface area contributed by atoms with Crippen molar-refractivity contribution in [1.29, 1.82) is 0 Å². The molecule has 1 atom stereocenters. The largest absolute Gasteiger partial charge is 0.334 e. The Morgan fingerprint density at radius 1 is 0.976 bits per heavy atom. The van der Waals surface area contributed by atoms with Crippen LogP contribution < -0.4 is 5.32 Å². The van der Waals surface area contributed by atoms with E-state index in [9.17, 15) is 9.59 Å². The van der Waals surface area contributed by atoms with E-state index in [4.69, 9.17) is 0 Å². The smallest absolute Gasteiger partial charge is 0.255 e. The number of hydrogen-bond acceptors (Lipinski definition) is 6. The predicted molar refractivity (Wildman–Crippen MR) is 162 cm³/mol. The zero-order chi connectivity index (χ0) is 28.5. The monoisotopic (exact) mass is 576 g/mol. The number of amides is 2. The lowest BCUT2D eigenvalue weighted by Gasteiger charge is -2.26. The van der Waals surface area contributed by atoms with Gasteiger partial charge in [-0.3, -0.25) is 19.8 Å². The molecule has 1 saturated heterocycles. The molecule has 2 aromatic carbocycles. The van der Waals surface area contributed by atoms with E-state index in [0.29, 0.717) is 22.9 Å². The maximum absolute atomic E-state index is 13.8. The highest BCUT2D eigenvalue weighted by atomic mass is 32.1. The van der Waals surface area contributed by atoms with Crippen LogP contribution in [0.2, 0.25) is 0 Å². The average molecular weight is 577 g/mol. The van der Waals surface area contributed by atoms with Crippen LogP contribution in [0, 0.1) is 11.8 Å². The Morgan fingerprint density at radius 3 is 2.60 bits per heavy atom. The highest BCUT2D eigenvalue weighted by Crippen LogP contribution is 2.35. The second-order valence-corrected chi connectivity index (χ2v) is 12.1. The van der Waals surface area contributed by atoms with E-state index in [1.165, 1.54) is 49.3 Å². The third kappa shape index (κ3) is 5.36. The molecular weight excluding hydrogens is 544 g/mol. The molecule has 0 aliphatic carbocycles. The van der Waals surface area contributed by atoms with Crippen LogP contribution in [0.25, 0.3) is 0 Å². The van der Waals surface area contributed by atoms with Gasteiger partial charge in [-0.2, -0.15) is 0 Å². The molecule has 3 aliphatic rings. The summed E-state index contributed by atoms with van der Waals surface area (Å²) in [7, 11) is 0. The van der Waals surface area contributed by atoms with E-state index in [0.717, 1.165) is 48.3 Å². The first-order valence-electron chi connectivity index (χ1n) is 14.6. The number of hydrogen-bond donors (Lipinski definition) is 1. The van der Waals surface area contributed by atoms with Gasteiger partial charge in [0.15, 0.2) is 11.2 Å². The fourth-order valence-corrected chi connectivity index (χ4v) is 6.76. The summed E-state index contributed by atoms with van der Waals surface area (Å²) in [5.74, 6) is 6.00. The predicted octanol–water partition coefficient (Wildman–Crippen LogP) is 5.01. The maximum atomic E-state index is 13.8. The number of nitrogens with one attached hydrogen (secondary N) is 1. The lowest BCUT2D eigenvalue weighted by atomic mass is 10.1. The van der Waals surface area contributed by atoms with Crippen LogP contribution >= 0.6 is 11.3 Å². The number of carbonyl (C=O) groups is 2. The van der Waals surface area contributed by atoms with Crippen LogP contribution in [-0.2, 0) is 30.8 Å². The summed E-state index contributed by atoms with van der Waals surface area (Å²) in [6.07, 6.45) is 9.18. The summed E-state index contributed by atoms with van der Waals surface area (Å²) in [6.45, 7) is 4.56. The Bertz CT molecular complexity index is 1680. The fraction of sp³-hybridized carbons (Fsp3) is 0.333. The van der Waals surface area contributed by atoms with Crippen molar-refractivity contribution >= 4 is 28.3 Å². The second-order valence-electron chi connectivity index (χ2n) is 11.2. The number of thiazole rings is 1. The van der Waals surface area contributed by atoms with Gasteiger partial charge in [0.2, 0.25) is 0 Å². The van der Waals surface area contributed by atoms with Crippen molar-refractivity contribution in [3.05, 3.63) is 99.6 Å². The number of likely N-dealkylation sites (tertiary alicyclic amines) is 1. The molecule has 7 rings (SSSR count). The lowest BCUT2D eigenvalue weighted by Crippen LogP contribution is -2.38. The molecule has 0 spiro atoms. The molecule has 0 saturated carbocycles. The summed E-state index contributed by atoms with van der Waals surface area (Å²) in [6, 6.07) is 13.4. The molecule has 9 heteroatoms. The minimum absolute atomic E-state index is 0.185. The SMILES string of the molecule is O=C(Nc1nccs1)C(c1ncn2c1CCC2)N1Cc2ccc(C#Cc3ccc(CN4CCCCC4)cc3)cc2C1=O. The Kier molecular flexibility index (Phi) is 7.32. The van der Waals surface area contributed by atoms with Crippen molar-refractivity contribution in [2.24, 2.45) is 0 Å². The van der Waals surface area contributed by atoms with E-state index in [1.807, 2.05) is 23.6 Å². The Hall–Kier alpha value is -4.26. The van der Waals surface area contributed by atoms with Crippen LogP contribution in [0.15, 0.2) is 60.4 Å². The number of benzene rings is 2. The van der Waals surface area contributed by atoms with Crippen LogP contribution in [0.5, 0.6) is 0 Å². The lowest BCUT2D eigenvalue weighted by molar-refractivity contribution is -0.121. The molecule has 0 bridgehead atoms. The number of piperidine rings is 1. The van der Waals surface area contributed by atoms with Crippen molar-refractivity contribution in [2.45, 2.75) is 57.8 Å². The topological polar surface area (TPSA) is 83.4 Å². The first-order chi connectivity index (χ1) is 20.6. The number of imidazole rings is 1. The molecule has 212 valence electrons. The molecule has 1 N–H and O–H groups in total. The van der Waals surface area contributed by atoms with Crippen LogP contribution in [-0.4, -0.2) is 49.2 Å². The standard InChI is InChI=1S/C33H32N6O2S/c40-31(36-33-34-14-18-42-33)30(29-28-5-4-17-38(28)22-35-29)39-21-26-13-12-24(19-27(26)32(39)41)9-6-23-7-10-25(11-8-23)20-37-15-2-1-3-16-37/h7-8,10-14,18-19,22,30H,1-5,15-17,20-21H2,(H,34,36,40). The van der Waals surface area contributed by atoms with E-state index >= 15 is 0 Å². The summed E-state index contributed by atoms with van der Waals surface area (Å²) < 4.78 is 2.08. The Morgan fingerprint density at radius 2 is 1.79 bits per heavy atom. The number of aryl methyl sites for hydroxylation is 1. The van der Waals surface area contributed by atoms with Gasteiger partial charge in [-0.1, -0.05) is 36.5 Å². The maximum Gasteiger partial charge on any atom is 0.255 e. The molecule has 2 aromatic heterocycles. The molecule has 8 nitrogen and oxygen atoms in total. The van der Waals surface area contributed by atoms with E-state index in [-0.39, 0.29) is 11.8 Å². The zero-order valence-corrected chi connectivity index (χ0v) is 24.2. The molecule has 2 amide bonds. The van der Waals surface area contributed by atoms with E-state index in [1.54, 1.807) is 17.4 Å². The molecular formula is C33H32N6O2S. The van der Waals surface area contributed by atoms with Gasteiger partial charge in [-0.05, 0) is 74.2 Å². The summed E-state index contributed by atoms with van der Waals surface area (Å²) >= 11 is 1.35. The van der Waals surface area contributed by atoms with Gasteiger partial charge >= 0.3 is 0 Å². The molecule has 42 heavy (non-hydrogen) atoms.